The van der Waals surface area contributed by atoms with Gasteiger partial charge in [0.2, 0.25) is 0 Å². The lowest BCUT2D eigenvalue weighted by Gasteiger charge is -2.20. The van der Waals surface area contributed by atoms with Crippen LogP contribution in [0.2, 0.25) is 0 Å². The van der Waals surface area contributed by atoms with Gasteiger partial charge in [-0.25, -0.2) is 4.79 Å². The van der Waals surface area contributed by atoms with Gasteiger partial charge >= 0.3 is 18.3 Å². The first-order valence-corrected chi connectivity index (χ1v) is 7.07. The van der Waals surface area contributed by atoms with Crippen LogP contribution in [-0.2, 0) is 17.1 Å². The molecule has 3 nitrogen and oxygen atoms in total. The zero-order chi connectivity index (χ0) is 19.5. The van der Waals surface area contributed by atoms with E-state index in [1.165, 1.54) is 0 Å². The van der Waals surface area contributed by atoms with Gasteiger partial charge in [-0.3, -0.25) is 4.99 Å². The molecule has 1 N–H and O–H groups in total. The molecular weight excluding hydrogens is 352 g/mol. The normalized spacial score (nSPS) is 15.2. The molecule has 0 bridgehead atoms. The summed E-state index contributed by atoms with van der Waals surface area (Å²) in [6.07, 6.45) is -7.94. The standard InChI is InChI=1S/C16H15F6NO2/c1-3-5-14(4-2,13(24)25)23-9-10-6-11(15(17,18)19)8-12(7-10)16(20,21)22/h4,6-9H,2-3,5H2,1H3,(H,24,25)/t14-/m1/s1. The summed E-state index contributed by atoms with van der Waals surface area (Å²) in [5, 5.41) is 9.26. The Morgan fingerprint density at radius 1 is 1.12 bits per heavy atom. The first-order chi connectivity index (χ1) is 11.4. The molecule has 138 valence electrons. The minimum absolute atomic E-state index is 0.00652. The van der Waals surface area contributed by atoms with E-state index < -0.39 is 40.6 Å². The number of hydrogen-bond donors (Lipinski definition) is 1. The maximum absolute atomic E-state index is 12.8. The fourth-order valence-corrected chi connectivity index (χ4v) is 2.09. The molecule has 0 amide bonds. The molecule has 0 heterocycles. The second kappa shape index (κ2) is 7.28. The minimum Gasteiger partial charge on any atom is -0.479 e. The van der Waals surface area contributed by atoms with Gasteiger partial charge in [0.25, 0.3) is 0 Å². The van der Waals surface area contributed by atoms with Crippen molar-refractivity contribution in [1.82, 2.24) is 0 Å². The number of nitrogens with zero attached hydrogens (tertiary/aromatic N) is 1. The van der Waals surface area contributed by atoms with Crippen molar-refractivity contribution < 1.29 is 36.2 Å². The molecule has 0 aliphatic carbocycles. The third kappa shape index (κ3) is 5.07. The zero-order valence-electron chi connectivity index (χ0n) is 13.1. The lowest BCUT2D eigenvalue weighted by molar-refractivity contribution is -0.143. The Hall–Kier alpha value is -2.32. The van der Waals surface area contributed by atoms with Gasteiger partial charge in [-0.05, 0) is 30.2 Å². The van der Waals surface area contributed by atoms with E-state index >= 15 is 0 Å². The number of benzene rings is 1. The molecule has 0 aromatic heterocycles. The van der Waals surface area contributed by atoms with Crippen LogP contribution in [0.15, 0.2) is 35.8 Å². The summed E-state index contributed by atoms with van der Waals surface area (Å²) in [6.45, 7) is 5.00. The van der Waals surface area contributed by atoms with Gasteiger partial charge in [0.15, 0.2) is 5.54 Å². The lowest BCUT2D eigenvalue weighted by atomic mass is 9.94. The summed E-state index contributed by atoms with van der Waals surface area (Å²) < 4.78 is 76.8. The van der Waals surface area contributed by atoms with Crippen LogP contribution in [0, 0.1) is 0 Å². The summed E-state index contributed by atoms with van der Waals surface area (Å²) in [5.41, 5.74) is -5.33. The van der Waals surface area contributed by atoms with Crippen LogP contribution in [0.5, 0.6) is 0 Å². The van der Waals surface area contributed by atoms with Crippen molar-refractivity contribution in [3.8, 4) is 0 Å². The molecule has 1 atom stereocenters. The summed E-state index contributed by atoms with van der Waals surface area (Å²) in [4.78, 5) is 15.1. The fraction of sp³-hybridized carbons (Fsp3) is 0.375. The van der Waals surface area contributed by atoms with E-state index in [9.17, 15) is 36.2 Å². The molecule has 0 aliphatic rings. The average molecular weight is 367 g/mol. The maximum Gasteiger partial charge on any atom is 0.416 e. The van der Waals surface area contributed by atoms with Crippen molar-refractivity contribution in [3.63, 3.8) is 0 Å². The number of carboxylic acid groups (broad SMARTS) is 1. The highest BCUT2D eigenvalue weighted by molar-refractivity contribution is 5.88. The molecule has 1 aromatic carbocycles. The summed E-state index contributed by atoms with van der Waals surface area (Å²) in [6, 6.07) is 0.933. The Bertz CT molecular complexity index is 646. The van der Waals surface area contributed by atoms with Crippen LogP contribution in [0.25, 0.3) is 0 Å². The summed E-state index contributed by atoms with van der Waals surface area (Å²) in [5.74, 6) is -1.40. The van der Waals surface area contributed by atoms with E-state index in [4.69, 9.17) is 0 Å². The molecule has 0 spiro atoms. The quantitative estimate of drug-likeness (QED) is 0.439. The molecule has 0 saturated heterocycles. The van der Waals surface area contributed by atoms with Gasteiger partial charge in [0.05, 0.1) is 11.1 Å². The number of rotatable bonds is 6. The number of alkyl halides is 6. The van der Waals surface area contributed by atoms with E-state index in [0.29, 0.717) is 24.8 Å². The van der Waals surface area contributed by atoms with Crippen molar-refractivity contribution in [1.29, 1.82) is 0 Å². The van der Waals surface area contributed by atoms with Crippen molar-refractivity contribution in [3.05, 3.63) is 47.5 Å². The highest BCUT2D eigenvalue weighted by Gasteiger charge is 2.37. The number of halogens is 6. The van der Waals surface area contributed by atoms with Crippen LogP contribution >= 0.6 is 0 Å². The van der Waals surface area contributed by atoms with E-state index in [1.54, 1.807) is 6.92 Å². The molecular formula is C16H15F6NO2. The number of aliphatic carboxylic acids is 1. The molecule has 0 unspecified atom stereocenters. The predicted octanol–water partition coefficient (Wildman–Crippen LogP) is 4.95. The van der Waals surface area contributed by atoms with Crippen LogP contribution in [0.4, 0.5) is 26.3 Å². The average Bonchev–Trinajstić information content (AvgIpc) is 2.49. The third-order valence-corrected chi connectivity index (χ3v) is 3.39. The molecule has 1 rings (SSSR count). The number of hydrogen-bond acceptors (Lipinski definition) is 2. The maximum atomic E-state index is 12.8. The lowest BCUT2D eigenvalue weighted by Crippen LogP contribution is -2.34. The van der Waals surface area contributed by atoms with Crippen LogP contribution < -0.4 is 0 Å². The van der Waals surface area contributed by atoms with Gasteiger partial charge in [0.1, 0.15) is 0 Å². The number of aliphatic imine (C=N–C) groups is 1. The minimum atomic E-state index is -4.99. The topological polar surface area (TPSA) is 49.7 Å². The van der Waals surface area contributed by atoms with Crippen molar-refractivity contribution >= 4 is 12.2 Å². The first kappa shape index (κ1) is 20.7. The Labute approximate surface area is 139 Å². The fourth-order valence-electron chi connectivity index (χ4n) is 2.09. The SMILES string of the molecule is C=C[C@](CCC)(N=Cc1cc(C(F)(F)F)cc(C(F)(F)F)c1)C(=O)O. The molecule has 0 fully saturated rings. The predicted molar refractivity (Wildman–Crippen MR) is 79.5 cm³/mol. The monoisotopic (exact) mass is 367 g/mol. The van der Waals surface area contributed by atoms with E-state index in [2.05, 4.69) is 11.6 Å². The zero-order valence-corrected chi connectivity index (χ0v) is 13.1. The van der Waals surface area contributed by atoms with Gasteiger partial charge in [-0.1, -0.05) is 19.4 Å². The largest absolute Gasteiger partial charge is 0.479 e. The second-order valence-electron chi connectivity index (χ2n) is 5.28. The molecule has 9 heteroatoms. The first-order valence-electron chi connectivity index (χ1n) is 7.07. The third-order valence-electron chi connectivity index (χ3n) is 3.39. The van der Waals surface area contributed by atoms with Crippen molar-refractivity contribution in [2.45, 2.75) is 37.7 Å². The second-order valence-corrected chi connectivity index (χ2v) is 5.28. The Kier molecular flexibility index (Phi) is 6.04. The van der Waals surface area contributed by atoms with Gasteiger partial charge in [-0.2, -0.15) is 26.3 Å². The highest BCUT2D eigenvalue weighted by atomic mass is 19.4. The van der Waals surface area contributed by atoms with Crippen molar-refractivity contribution in [2.24, 2.45) is 4.99 Å². The molecule has 0 radical (unpaired) electrons. The highest BCUT2D eigenvalue weighted by Crippen LogP contribution is 2.36. The van der Waals surface area contributed by atoms with Crippen LogP contribution in [-0.4, -0.2) is 22.8 Å². The number of carboxylic acids is 1. The summed E-state index contributed by atoms with van der Waals surface area (Å²) >= 11 is 0. The molecule has 25 heavy (non-hydrogen) atoms. The van der Waals surface area contributed by atoms with Crippen LogP contribution in [0.1, 0.15) is 36.5 Å². The molecule has 0 saturated carbocycles. The van der Waals surface area contributed by atoms with Gasteiger partial charge in [0, 0.05) is 6.21 Å². The van der Waals surface area contributed by atoms with Gasteiger partial charge < -0.3 is 5.11 Å². The molecule has 1 aromatic rings. The Morgan fingerprint density at radius 2 is 1.60 bits per heavy atom. The molecule has 0 aliphatic heterocycles. The van der Waals surface area contributed by atoms with Crippen LogP contribution in [0.3, 0.4) is 0 Å². The van der Waals surface area contributed by atoms with E-state index in [-0.39, 0.29) is 12.5 Å². The Morgan fingerprint density at radius 3 is 1.92 bits per heavy atom. The summed E-state index contributed by atoms with van der Waals surface area (Å²) in [7, 11) is 0. The Balaban J connectivity index is 3.46. The number of carbonyl (C=O) groups is 1. The van der Waals surface area contributed by atoms with Gasteiger partial charge in [-0.15, -0.1) is 6.58 Å². The smallest absolute Gasteiger partial charge is 0.416 e. The van der Waals surface area contributed by atoms with E-state index in [0.717, 1.165) is 6.08 Å². The van der Waals surface area contributed by atoms with E-state index in [1.807, 2.05) is 0 Å². The van der Waals surface area contributed by atoms with Crippen molar-refractivity contribution in [2.75, 3.05) is 0 Å².